The van der Waals surface area contributed by atoms with Crippen LogP contribution >= 0.6 is 11.6 Å². The maximum atomic E-state index is 14.0. The van der Waals surface area contributed by atoms with Crippen molar-refractivity contribution in [1.29, 1.82) is 0 Å². The van der Waals surface area contributed by atoms with Crippen molar-refractivity contribution in [2.75, 3.05) is 23.0 Å². The van der Waals surface area contributed by atoms with E-state index in [0.29, 0.717) is 34.0 Å². The summed E-state index contributed by atoms with van der Waals surface area (Å²) in [6.45, 7) is 3.44. The third-order valence-electron chi connectivity index (χ3n) is 4.24. The SMILES string of the molecule is C=CC(=O)Nc1cccc(Nc2nc(N/C(C=NC)=C/N)ncc2-c2cc(F)cc(Cl)c2)c1. The molecule has 1 amide bonds. The predicted octanol–water partition coefficient (Wildman–Crippen LogP) is 4.72. The molecule has 0 saturated heterocycles. The van der Waals surface area contributed by atoms with Gasteiger partial charge in [0.2, 0.25) is 11.9 Å². The number of nitrogens with one attached hydrogen (secondary N) is 3. The number of nitrogens with zero attached hydrogens (tertiary/aromatic N) is 3. The van der Waals surface area contributed by atoms with Crippen molar-refractivity contribution < 1.29 is 9.18 Å². The Hall–Kier alpha value is -4.24. The first-order valence-corrected chi connectivity index (χ1v) is 10.0. The largest absolute Gasteiger partial charge is 0.403 e. The molecule has 0 aliphatic heterocycles. The number of aromatic nitrogens is 2. The first-order chi connectivity index (χ1) is 15.9. The average Bonchev–Trinajstić information content (AvgIpc) is 2.78. The topological polar surface area (TPSA) is 117 Å². The second-order valence-electron chi connectivity index (χ2n) is 6.65. The lowest BCUT2D eigenvalue weighted by atomic mass is 10.1. The molecule has 3 rings (SSSR count). The molecule has 0 radical (unpaired) electrons. The molecule has 8 nitrogen and oxygen atoms in total. The second kappa shape index (κ2) is 10.9. The number of allylic oxidation sites excluding steroid dienone is 1. The van der Waals surface area contributed by atoms with Gasteiger partial charge in [-0.2, -0.15) is 4.98 Å². The van der Waals surface area contributed by atoms with Gasteiger partial charge in [0.25, 0.3) is 0 Å². The minimum Gasteiger partial charge on any atom is -0.403 e. The van der Waals surface area contributed by atoms with Gasteiger partial charge in [-0.1, -0.05) is 24.2 Å². The Morgan fingerprint density at radius 2 is 2.00 bits per heavy atom. The van der Waals surface area contributed by atoms with Crippen molar-refractivity contribution >= 4 is 46.9 Å². The van der Waals surface area contributed by atoms with E-state index in [1.165, 1.54) is 36.8 Å². The molecule has 1 heterocycles. The lowest BCUT2D eigenvalue weighted by Crippen LogP contribution is -2.09. The fourth-order valence-corrected chi connectivity index (χ4v) is 3.07. The Kier molecular flexibility index (Phi) is 7.72. The zero-order chi connectivity index (χ0) is 23.8. The molecule has 0 unspecified atom stereocenters. The van der Waals surface area contributed by atoms with Gasteiger partial charge in [0.05, 0.1) is 5.70 Å². The third-order valence-corrected chi connectivity index (χ3v) is 4.46. The van der Waals surface area contributed by atoms with Crippen LogP contribution in [0, 0.1) is 5.82 Å². The lowest BCUT2D eigenvalue weighted by Gasteiger charge is -2.14. The van der Waals surface area contributed by atoms with E-state index in [-0.39, 0.29) is 16.9 Å². The van der Waals surface area contributed by atoms with Gasteiger partial charge in [-0.15, -0.1) is 0 Å². The van der Waals surface area contributed by atoms with Crippen LogP contribution in [-0.4, -0.2) is 29.1 Å². The summed E-state index contributed by atoms with van der Waals surface area (Å²) in [6.07, 6.45) is 5.55. The van der Waals surface area contributed by atoms with Crippen LogP contribution in [0.2, 0.25) is 5.02 Å². The Balaban J connectivity index is 2.04. The molecule has 0 atom stereocenters. The predicted molar refractivity (Wildman–Crippen MR) is 131 cm³/mol. The summed E-state index contributed by atoms with van der Waals surface area (Å²) in [5.74, 6) is -0.232. The van der Waals surface area contributed by atoms with Crippen molar-refractivity contribution in [3.63, 3.8) is 0 Å². The van der Waals surface area contributed by atoms with Crippen LogP contribution in [0.15, 0.2) is 78.2 Å². The molecule has 5 N–H and O–H groups in total. The first-order valence-electron chi connectivity index (χ1n) is 9.67. The van der Waals surface area contributed by atoms with Crippen LogP contribution in [0.25, 0.3) is 11.1 Å². The van der Waals surface area contributed by atoms with E-state index in [9.17, 15) is 9.18 Å². The molecule has 3 aromatic rings. The van der Waals surface area contributed by atoms with Crippen molar-refractivity contribution in [3.8, 4) is 11.1 Å². The molecule has 0 spiro atoms. The highest BCUT2D eigenvalue weighted by atomic mass is 35.5. The van der Waals surface area contributed by atoms with Crippen LogP contribution in [0.1, 0.15) is 0 Å². The molecule has 0 saturated carbocycles. The van der Waals surface area contributed by atoms with E-state index in [4.69, 9.17) is 17.3 Å². The first kappa shape index (κ1) is 23.4. The normalized spacial score (nSPS) is 11.3. The number of rotatable bonds is 8. The van der Waals surface area contributed by atoms with Crippen molar-refractivity contribution in [2.45, 2.75) is 0 Å². The lowest BCUT2D eigenvalue weighted by molar-refractivity contribution is -0.111. The molecule has 0 bridgehead atoms. The Bertz CT molecular complexity index is 1220. The molecule has 0 aliphatic rings. The molecule has 0 aliphatic carbocycles. The van der Waals surface area contributed by atoms with E-state index < -0.39 is 5.82 Å². The third kappa shape index (κ3) is 6.37. The van der Waals surface area contributed by atoms with Crippen LogP contribution in [-0.2, 0) is 4.79 Å². The van der Waals surface area contributed by atoms with Crippen LogP contribution in [0.4, 0.5) is 27.5 Å². The minimum absolute atomic E-state index is 0.233. The van der Waals surface area contributed by atoms with Crippen LogP contribution in [0.3, 0.4) is 0 Å². The summed E-state index contributed by atoms with van der Waals surface area (Å²) in [7, 11) is 1.61. The summed E-state index contributed by atoms with van der Waals surface area (Å²) < 4.78 is 14.0. The van der Waals surface area contributed by atoms with E-state index in [0.717, 1.165) is 0 Å². The van der Waals surface area contributed by atoms with Gasteiger partial charge in [-0.05, 0) is 48.0 Å². The summed E-state index contributed by atoms with van der Waals surface area (Å²) in [5.41, 5.74) is 8.25. The highest BCUT2D eigenvalue weighted by molar-refractivity contribution is 6.30. The highest BCUT2D eigenvalue weighted by Gasteiger charge is 2.13. The van der Waals surface area contributed by atoms with Gasteiger partial charge in [0, 0.05) is 47.6 Å². The van der Waals surface area contributed by atoms with Crippen LogP contribution in [0.5, 0.6) is 0 Å². The fraction of sp³-hybridized carbons (Fsp3) is 0.0435. The molecule has 33 heavy (non-hydrogen) atoms. The van der Waals surface area contributed by atoms with Crippen molar-refractivity contribution in [3.05, 3.63) is 84.1 Å². The highest BCUT2D eigenvalue weighted by Crippen LogP contribution is 2.32. The number of anilines is 4. The van der Waals surface area contributed by atoms with E-state index >= 15 is 0 Å². The van der Waals surface area contributed by atoms with Gasteiger partial charge < -0.3 is 21.7 Å². The number of hydrogen-bond acceptors (Lipinski definition) is 7. The quantitative estimate of drug-likeness (QED) is 0.282. The summed E-state index contributed by atoms with van der Waals surface area (Å²) in [6, 6.07) is 11.1. The smallest absolute Gasteiger partial charge is 0.247 e. The van der Waals surface area contributed by atoms with Gasteiger partial charge in [-0.3, -0.25) is 9.79 Å². The number of amides is 1. The number of carbonyl (C=O) groups is 1. The minimum atomic E-state index is -0.493. The molecule has 1 aromatic heterocycles. The van der Waals surface area contributed by atoms with E-state index in [2.05, 4.69) is 37.5 Å². The Morgan fingerprint density at radius 1 is 1.21 bits per heavy atom. The van der Waals surface area contributed by atoms with Gasteiger partial charge in [-0.25, -0.2) is 9.37 Å². The van der Waals surface area contributed by atoms with Gasteiger partial charge in [0.1, 0.15) is 11.6 Å². The number of carbonyl (C=O) groups excluding carboxylic acids is 1. The Labute approximate surface area is 195 Å². The number of hydrogen-bond donors (Lipinski definition) is 4. The van der Waals surface area contributed by atoms with Gasteiger partial charge >= 0.3 is 0 Å². The van der Waals surface area contributed by atoms with Crippen LogP contribution < -0.4 is 21.7 Å². The molecular formula is C23H21ClFN7O. The fourth-order valence-electron chi connectivity index (χ4n) is 2.85. The Morgan fingerprint density at radius 3 is 2.70 bits per heavy atom. The van der Waals surface area contributed by atoms with E-state index in [1.54, 1.807) is 37.4 Å². The average molecular weight is 466 g/mol. The standard InChI is InChI=1S/C23H21ClFN7O/c1-3-21(33)29-17-5-4-6-18(10-17)30-22-20(14-7-15(24)9-16(25)8-14)13-28-23(32-22)31-19(11-26)12-27-2/h3-13H,1,26H2,2H3,(H,29,33)(H2,28,30,31,32)/b19-11+,27-12?. The zero-order valence-corrected chi connectivity index (χ0v) is 18.4. The van der Waals surface area contributed by atoms with Gasteiger partial charge in [0.15, 0.2) is 0 Å². The van der Waals surface area contributed by atoms with Crippen molar-refractivity contribution in [1.82, 2.24) is 9.97 Å². The summed E-state index contributed by atoms with van der Waals surface area (Å²) in [4.78, 5) is 24.4. The number of aliphatic imine (C=N–C) groups is 1. The maximum absolute atomic E-state index is 14.0. The van der Waals surface area contributed by atoms with Crippen molar-refractivity contribution in [2.24, 2.45) is 10.7 Å². The molecule has 2 aromatic carbocycles. The van der Waals surface area contributed by atoms with E-state index in [1.807, 2.05) is 0 Å². The number of benzene rings is 2. The summed E-state index contributed by atoms with van der Waals surface area (Å²) in [5, 5.41) is 9.07. The number of nitrogens with two attached hydrogens (primary N) is 1. The monoisotopic (exact) mass is 465 g/mol. The maximum Gasteiger partial charge on any atom is 0.247 e. The summed E-state index contributed by atoms with van der Waals surface area (Å²) >= 11 is 6.05. The number of halogens is 2. The molecule has 0 fully saturated rings. The zero-order valence-electron chi connectivity index (χ0n) is 17.6. The second-order valence-corrected chi connectivity index (χ2v) is 7.08. The molecule has 168 valence electrons. The molecule has 10 heteroatoms. The molecular weight excluding hydrogens is 445 g/mol.